The molecule has 5 heteroatoms. The van der Waals surface area contributed by atoms with Crippen LogP contribution in [0.5, 0.6) is 0 Å². The van der Waals surface area contributed by atoms with Gasteiger partial charge in [-0.2, -0.15) is 0 Å². The third-order valence-electron chi connectivity index (χ3n) is 7.78. The lowest BCUT2D eigenvalue weighted by Crippen LogP contribution is -2.28. The van der Waals surface area contributed by atoms with Crippen LogP contribution in [0, 0.1) is 0 Å². The number of carbonyl (C=O) groups excluding carboxylic acids is 2. The van der Waals surface area contributed by atoms with E-state index in [2.05, 4.69) is 123 Å². The zero-order chi connectivity index (χ0) is 37.1. The second-order valence-corrected chi connectivity index (χ2v) is 12.6. The largest absolute Gasteiger partial charge is 0.462 e. The summed E-state index contributed by atoms with van der Waals surface area (Å²) in [6.07, 6.45) is 58.7. The topological polar surface area (TPSA) is 72.8 Å². The van der Waals surface area contributed by atoms with Gasteiger partial charge in [0.1, 0.15) is 6.61 Å². The molecule has 0 rings (SSSR count). The van der Waals surface area contributed by atoms with Crippen LogP contribution in [0.2, 0.25) is 0 Å². The SMILES string of the molecule is CC/C=C\C/C=C\C/C=C\C/C=C\C/C=C\C/C=C\C/C=C\C/C=C\CCCCC(=O)OC(CO)COC(=O)CCCCCCC/C=C\CCC. The molecular weight excluding hydrogens is 633 g/mol. The van der Waals surface area contributed by atoms with Crippen molar-refractivity contribution in [1.82, 2.24) is 0 Å². The van der Waals surface area contributed by atoms with Crippen LogP contribution in [-0.4, -0.2) is 36.4 Å². The summed E-state index contributed by atoms with van der Waals surface area (Å²) in [4.78, 5) is 24.2. The smallest absolute Gasteiger partial charge is 0.306 e. The van der Waals surface area contributed by atoms with Gasteiger partial charge in [0.05, 0.1) is 6.61 Å². The zero-order valence-electron chi connectivity index (χ0n) is 32.3. The molecule has 0 spiro atoms. The number of ether oxygens (including phenoxy) is 2. The summed E-state index contributed by atoms with van der Waals surface area (Å²) in [5, 5.41) is 9.53. The van der Waals surface area contributed by atoms with Crippen LogP contribution in [0.3, 0.4) is 0 Å². The Bertz CT molecular complexity index is 1070. The van der Waals surface area contributed by atoms with E-state index in [4.69, 9.17) is 9.47 Å². The van der Waals surface area contributed by atoms with Crippen LogP contribution in [-0.2, 0) is 19.1 Å². The molecule has 1 atom stereocenters. The predicted molar refractivity (Wildman–Crippen MR) is 218 cm³/mol. The van der Waals surface area contributed by atoms with Crippen molar-refractivity contribution in [2.24, 2.45) is 0 Å². The molecule has 286 valence electrons. The fourth-order valence-corrected chi connectivity index (χ4v) is 4.80. The maximum Gasteiger partial charge on any atom is 0.306 e. The molecule has 0 amide bonds. The molecule has 0 aromatic carbocycles. The summed E-state index contributed by atoms with van der Waals surface area (Å²) >= 11 is 0. The minimum atomic E-state index is -0.804. The molecule has 0 aliphatic carbocycles. The molecular formula is C46H72O5. The van der Waals surface area contributed by atoms with Crippen LogP contribution in [0.1, 0.15) is 149 Å². The Balaban J connectivity index is 3.74. The first-order valence-electron chi connectivity index (χ1n) is 19.9. The van der Waals surface area contributed by atoms with Gasteiger partial charge in [-0.05, 0) is 96.3 Å². The Hall–Kier alpha value is -3.44. The maximum absolute atomic E-state index is 12.1. The Morgan fingerprint density at radius 3 is 1.33 bits per heavy atom. The molecule has 0 fully saturated rings. The Kier molecular flexibility index (Phi) is 38.2. The monoisotopic (exact) mass is 705 g/mol. The van der Waals surface area contributed by atoms with Crippen molar-refractivity contribution in [3.05, 3.63) is 109 Å². The molecule has 0 saturated carbocycles. The quantitative estimate of drug-likeness (QED) is 0.0410. The number of hydrogen-bond acceptors (Lipinski definition) is 5. The molecule has 1 unspecified atom stereocenters. The number of unbranched alkanes of at least 4 members (excludes halogenated alkanes) is 8. The highest BCUT2D eigenvalue weighted by atomic mass is 16.6. The number of esters is 2. The Labute approximate surface area is 312 Å². The van der Waals surface area contributed by atoms with E-state index in [0.717, 1.165) is 96.3 Å². The molecule has 0 aromatic rings. The van der Waals surface area contributed by atoms with Crippen LogP contribution < -0.4 is 0 Å². The number of allylic oxidation sites excluding steroid dienone is 18. The van der Waals surface area contributed by atoms with Gasteiger partial charge in [-0.1, -0.05) is 149 Å². The van der Waals surface area contributed by atoms with Crippen LogP contribution in [0.25, 0.3) is 0 Å². The number of carbonyl (C=O) groups is 2. The van der Waals surface area contributed by atoms with Crippen LogP contribution >= 0.6 is 0 Å². The van der Waals surface area contributed by atoms with Gasteiger partial charge in [0.15, 0.2) is 6.10 Å². The first-order chi connectivity index (χ1) is 25.1. The lowest BCUT2D eigenvalue weighted by atomic mass is 10.1. The fourth-order valence-electron chi connectivity index (χ4n) is 4.80. The Morgan fingerprint density at radius 1 is 0.471 bits per heavy atom. The minimum Gasteiger partial charge on any atom is -0.462 e. The van der Waals surface area contributed by atoms with Gasteiger partial charge in [0.25, 0.3) is 0 Å². The third kappa shape index (κ3) is 39.2. The standard InChI is InChI=1S/C46H72O5/c1-3-5-7-9-11-13-15-16-17-18-19-20-21-22-23-24-25-26-27-28-29-30-31-33-35-37-39-41-46(49)51-44(42-47)43-50-45(48)40-38-36-34-32-14-12-10-8-6-4-2/h5,7-8,10-11,13,16-17,19-20,22-23,25-26,28-29,31,33,44,47H,3-4,6,9,12,14-15,18,21,24,27,30,32,34-43H2,1-2H3/b7-5-,10-8-,13-11-,17-16-,20-19-,23-22-,26-25-,29-28-,33-31-. The number of aliphatic hydroxyl groups is 1. The molecule has 0 aromatic heterocycles. The van der Waals surface area contributed by atoms with Crippen molar-refractivity contribution in [1.29, 1.82) is 0 Å². The molecule has 0 saturated heterocycles. The van der Waals surface area contributed by atoms with Crippen LogP contribution in [0.4, 0.5) is 0 Å². The van der Waals surface area contributed by atoms with Crippen molar-refractivity contribution in [2.45, 2.75) is 155 Å². The van der Waals surface area contributed by atoms with Crippen molar-refractivity contribution < 1.29 is 24.2 Å². The van der Waals surface area contributed by atoms with Gasteiger partial charge in [0, 0.05) is 12.8 Å². The summed E-state index contributed by atoms with van der Waals surface area (Å²) in [6.45, 7) is 3.89. The van der Waals surface area contributed by atoms with Gasteiger partial charge in [-0.3, -0.25) is 9.59 Å². The summed E-state index contributed by atoms with van der Waals surface area (Å²) in [6, 6.07) is 0. The summed E-state index contributed by atoms with van der Waals surface area (Å²) in [7, 11) is 0. The molecule has 0 heterocycles. The zero-order valence-corrected chi connectivity index (χ0v) is 32.3. The van der Waals surface area contributed by atoms with Gasteiger partial charge >= 0.3 is 11.9 Å². The van der Waals surface area contributed by atoms with E-state index in [-0.39, 0.29) is 25.2 Å². The average Bonchev–Trinajstić information content (AvgIpc) is 3.13. The second-order valence-electron chi connectivity index (χ2n) is 12.6. The predicted octanol–water partition coefficient (Wildman–Crippen LogP) is 12.7. The van der Waals surface area contributed by atoms with E-state index >= 15 is 0 Å². The van der Waals surface area contributed by atoms with Gasteiger partial charge in [-0.15, -0.1) is 0 Å². The molecule has 5 nitrogen and oxygen atoms in total. The van der Waals surface area contributed by atoms with E-state index in [0.29, 0.717) is 19.3 Å². The van der Waals surface area contributed by atoms with E-state index < -0.39 is 6.10 Å². The molecule has 0 bridgehead atoms. The number of hydrogen-bond donors (Lipinski definition) is 1. The van der Waals surface area contributed by atoms with E-state index in [9.17, 15) is 14.7 Å². The molecule has 0 aliphatic rings. The van der Waals surface area contributed by atoms with Crippen molar-refractivity contribution in [2.75, 3.05) is 13.2 Å². The highest BCUT2D eigenvalue weighted by Crippen LogP contribution is 2.10. The minimum absolute atomic E-state index is 0.0957. The lowest BCUT2D eigenvalue weighted by Gasteiger charge is -2.15. The van der Waals surface area contributed by atoms with E-state index in [1.165, 1.54) is 19.3 Å². The first-order valence-corrected chi connectivity index (χ1v) is 19.9. The second kappa shape index (κ2) is 41.0. The summed E-state index contributed by atoms with van der Waals surface area (Å²) in [5.74, 6) is -0.668. The van der Waals surface area contributed by atoms with Gasteiger partial charge in [0.2, 0.25) is 0 Å². The summed E-state index contributed by atoms with van der Waals surface area (Å²) < 4.78 is 10.5. The van der Waals surface area contributed by atoms with Gasteiger partial charge < -0.3 is 14.6 Å². The summed E-state index contributed by atoms with van der Waals surface area (Å²) in [5.41, 5.74) is 0. The van der Waals surface area contributed by atoms with Crippen molar-refractivity contribution in [3.63, 3.8) is 0 Å². The number of rotatable bonds is 34. The molecule has 51 heavy (non-hydrogen) atoms. The lowest BCUT2D eigenvalue weighted by molar-refractivity contribution is -0.161. The maximum atomic E-state index is 12.1. The first kappa shape index (κ1) is 47.6. The fraction of sp³-hybridized carbons (Fsp3) is 0.565. The van der Waals surface area contributed by atoms with E-state index in [1.54, 1.807) is 0 Å². The van der Waals surface area contributed by atoms with Crippen molar-refractivity contribution >= 4 is 11.9 Å². The molecule has 0 radical (unpaired) electrons. The van der Waals surface area contributed by atoms with Crippen molar-refractivity contribution in [3.8, 4) is 0 Å². The Morgan fingerprint density at radius 2 is 0.843 bits per heavy atom. The van der Waals surface area contributed by atoms with Gasteiger partial charge in [-0.25, -0.2) is 0 Å². The number of aliphatic hydroxyl groups excluding tert-OH is 1. The highest BCUT2D eigenvalue weighted by molar-refractivity contribution is 5.70. The van der Waals surface area contributed by atoms with Crippen LogP contribution in [0.15, 0.2) is 109 Å². The normalized spacial score (nSPS) is 13.4. The van der Waals surface area contributed by atoms with E-state index in [1.807, 2.05) is 0 Å². The highest BCUT2D eigenvalue weighted by Gasteiger charge is 2.16. The third-order valence-corrected chi connectivity index (χ3v) is 7.78. The molecule has 0 aliphatic heterocycles. The average molecular weight is 705 g/mol. The molecule has 1 N–H and O–H groups in total.